The number of hydrogen-bond donors (Lipinski definition) is 2. The monoisotopic (exact) mass is 447 g/mol. The van der Waals surface area contributed by atoms with E-state index in [0.29, 0.717) is 12.8 Å². The number of carbonyl (C=O) groups is 1. The molecule has 0 aromatic heterocycles. The maximum Gasteiger partial charge on any atom is 0.407 e. The van der Waals surface area contributed by atoms with Gasteiger partial charge in [0.15, 0.2) is 9.84 Å². The lowest BCUT2D eigenvalue weighted by Crippen LogP contribution is -2.54. The number of nitrogens with one attached hydrogen (secondary N) is 2. The molecule has 0 saturated heterocycles. The highest BCUT2D eigenvalue weighted by molar-refractivity contribution is 7.91. The number of carbonyl (C=O) groups excluding carboxylic acids is 1. The van der Waals surface area contributed by atoms with Crippen molar-refractivity contribution in [1.29, 1.82) is 5.26 Å². The zero-order chi connectivity index (χ0) is 22.2. The van der Waals surface area contributed by atoms with Crippen LogP contribution < -0.4 is 10.6 Å². The van der Waals surface area contributed by atoms with E-state index in [1.165, 1.54) is 0 Å². The molecule has 164 valence electrons. The van der Waals surface area contributed by atoms with Gasteiger partial charge >= 0.3 is 6.18 Å². The average molecular weight is 447 g/mol. The smallest absolute Gasteiger partial charge is 0.336 e. The highest BCUT2D eigenvalue weighted by Crippen LogP contribution is 2.36. The van der Waals surface area contributed by atoms with Gasteiger partial charge in [0, 0.05) is 0 Å². The summed E-state index contributed by atoms with van der Waals surface area (Å²) in [6, 6.07) is 1.33. The number of nitrogens with zero attached hydrogens (tertiary/aromatic N) is 1. The summed E-state index contributed by atoms with van der Waals surface area (Å²) in [4.78, 5) is 12.7. The Kier molecular flexibility index (Phi) is 6.11. The summed E-state index contributed by atoms with van der Waals surface area (Å²) in [5, 5.41) is 13.6. The zero-order valence-corrected chi connectivity index (χ0v) is 16.7. The van der Waals surface area contributed by atoms with Crippen LogP contribution in [0.2, 0.25) is 0 Å². The van der Waals surface area contributed by atoms with E-state index >= 15 is 0 Å². The number of rotatable bonds is 9. The van der Waals surface area contributed by atoms with E-state index in [4.69, 9.17) is 5.26 Å². The molecule has 2 aliphatic carbocycles. The molecule has 2 N–H and O–H groups in total. The molecular weight excluding hydrogens is 426 g/mol. The van der Waals surface area contributed by atoms with Gasteiger partial charge in [-0.15, -0.1) is 0 Å². The summed E-state index contributed by atoms with van der Waals surface area (Å²) in [6.07, 6.45) is -2.73. The van der Waals surface area contributed by atoms with Crippen molar-refractivity contribution in [2.45, 2.75) is 49.5 Å². The first-order valence-corrected chi connectivity index (χ1v) is 11.3. The molecule has 0 bridgehead atoms. The third kappa shape index (κ3) is 5.92. The molecule has 1 aromatic carbocycles. The number of amides is 1. The Bertz CT molecular complexity index is 933. The van der Waals surface area contributed by atoms with E-state index in [1.54, 1.807) is 0 Å². The van der Waals surface area contributed by atoms with Crippen molar-refractivity contribution in [2.24, 2.45) is 5.92 Å². The maximum absolute atomic E-state index is 13.7. The Morgan fingerprint density at radius 1 is 1.23 bits per heavy atom. The Hall–Kier alpha value is -2.19. The molecule has 2 saturated carbocycles. The first kappa shape index (κ1) is 22.5. The van der Waals surface area contributed by atoms with Gasteiger partial charge in [0.2, 0.25) is 5.91 Å². The van der Waals surface area contributed by atoms with Gasteiger partial charge in [0.05, 0.1) is 17.6 Å². The summed E-state index contributed by atoms with van der Waals surface area (Å²) in [5.41, 5.74) is -1.52. The van der Waals surface area contributed by atoms with Crippen molar-refractivity contribution in [1.82, 2.24) is 10.6 Å². The third-order valence-corrected chi connectivity index (χ3v) is 6.97. The maximum atomic E-state index is 13.7. The minimum absolute atomic E-state index is 0.0388. The van der Waals surface area contributed by atoms with Gasteiger partial charge in [-0.25, -0.2) is 12.8 Å². The van der Waals surface area contributed by atoms with Crippen LogP contribution in [-0.2, 0) is 14.6 Å². The molecule has 2 atom stereocenters. The fourth-order valence-corrected chi connectivity index (χ4v) is 5.06. The molecule has 0 aliphatic heterocycles. The predicted octanol–water partition coefficient (Wildman–Crippen LogP) is 2.38. The minimum atomic E-state index is -4.87. The minimum Gasteiger partial charge on any atom is -0.336 e. The van der Waals surface area contributed by atoms with E-state index in [2.05, 4.69) is 10.6 Å². The SMILES string of the molecule is N#CC1(NC(=O)C(CS(=O)(=O)CC2CC2)N[C@@H](c2ccc(F)cc2)C(F)(F)F)CC1. The number of alkyl halides is 3. The first-order chi connectivity index (χ1) is 13.9. The molecule has 0 heterocycles. The Balaban J connectivity index is 1.85. The molecule has 0 spiro atoms. The van der Waals surface area contributed by atoms with Crippen LogP contribution >= 0.6 is 0 Å². The largest absolute Gasteiger partial charge is 0.407 e. The van der Waals surface area contributed by atoms with Crippen LogP contribution in [0.25, 0.3) is 0 Å². The summed E-state index contributed by atoms with van der Waals surface area (Å²) >= 11 is 0. The summed E-state index contributed by atoms with van der Waals surface area (Å²) in [7, 11) is -3.82. The molecular formula is C19H21F4N3O3S. The van der Waals surface area contributed by atoms with Gasteiger partial charge in [-0.2, -0.15) is 18.4 Å². The van der Waals surface area contributed by atoms with Crippen molar-refractivity contribution in [3.63, 3.8) is 0 Å². The van der Waals surface area contributed by atoms with Crippen molar-refractivity contribution in [3.05, 3.63) is 35.6 Å². The third-order valence-electron chi connectivity index (χ3n) is 5.15. The van der Waals surface area contributed by atoms with Crippen molar-refractivity contribution < 1.29 is 30.8 Å². The number of hydrogen-bond acceptors (Lipinski definition) is 5. The molecule has 2 aliphatic rings. The number of halogens is 4. The standard InChI is InChI=1S/C19H21F4N3O3S/c20-14-5-3-13(4-6-14)16(19(21,22)23)25-15(10-30(28,29)9-12-1-2-12)17(27)26-18(11-24)7-8-18/h3-6,12,15-16,25H,1-2,7-10H2,(H,26,27)/t15?,16-/m0/s1. The normalized spacial score (nSPS) is 20.1. The molecule has 30 heavy (non-hydrogen) atoms. The van der Waals surface area contributed by atoms with Gasteiger partial charge in [-0.1, -0.05) is 12.1 Å². The second-order valence-corrected chi connectivity index (χ2v) is 10.1. The van der Waals surface area contributed by atoms with Gasteiger partial charge in [-0.05, 0) is 49.3 Å². The van der Waals surface area contributed by atoms with E-state index in [0.717, 1.165) is 37.1 Å². The predicted molar refractivity (Wildman–Crippen MR) is 99.2 cm³/mol. The van der Waals surface area contributed by atoms with Crippen LogP contribution in [0.1, 0.15) is 37.3 Å². The van der Waals surface area contributed by atoms with Gasteiger partial charge in [0.25, 0.3) is 0 Å². The average Bonchev–Trinajstić information content (AvgIpc) is 3.56. The van der Waals surface area contributed by atoms with E-state index in [-0.39, 0.29) is 17.2 Å². The van der Waals surface area contributed by atoms with Crippen molar-refractivity contribution in [2.75, 3.05) is 11.5 Å². The molecule has 3 rings (SSSR count). The highest BCUT2D eigenvalue weighted by atomic mass is 32.2. The zero-order valence-electron chi connectivity index (χ0n) is 15.9. The summed E-state index contributed by atoms with van der Waals surface area (Å²) < 4.78 is 79.2. The number of nitriles is 1. The molecule has 1 amide bonds. The van der Waals surface area contributed by atoms with Crippen LogP contribution in [0.4, 0.5) is 17.6 Å². The summed E-state index contributed by atoms with van der Waals surface area (Å²) in [5.74, 6) is -2.78. The molecule has 1 unspecified atom stereocenters. The van der Waals surface area contributed by atoms with E-state index in [9.17, 15) is 30.8 Å². The van der Waals surface area contributed by atoms with Crippen LogP contribution in [0.5, 0.6) is 0 Å². The van der Waals surface area contributed by atoms with E-state index in [1.807, 2.05) is 6.07 Å². The van der Waals surface area contributed by atoms with Crippen molar-refractivity contribution >= 4 is 15.7 Å². The number of benzene rings is 1. The Morgan fingerprint density at radius 2 is 1.83 bits per heavy atom. The van der Waals surface area contributed by atoms with Gasteiger partial charge < -0.3 is 5.32 Å². The fourth-order valence-electron chi connectivity index (χ4n) is 3.11. The lowest BCUT2D eigenvalue weighted by atomic mass is 10.0. The topological polar surface area (TPSA) is 99.1 Å². The van der Waals surface area contributed by atoms with Crippen LogP contribution in [-0.4, -0.2) is 43.6 Å². The van der Waals surface area contributed by atoms with Gasteiger partial charge in [0.1, 0.15) is 23.4 Å². The molecule has 0 radical (unpaired) electrons. The summed E-state index contributed by atoms with van der Waals surface area (Å²) in [6.45, 7) is 0. The van der Waals surface area contributed by atoms with E-state index < -0.39 is 51.1 Å². The molecule has 2 fully saturated rings. The first-order valence-electron chi connectivity index (χ1n) is 9.45. The second kappa shape index (κ2) is 8.15. The molecule has 6 nitrogen and oxygen atoms in total. The van der Waals surface area contributed by atoms with Crippen LogP contribution in [0, 0.1) is 23.1 Å². The molecule has 11 heteroatoms. The quantitative estimate of drug-likeness (QED) is 0.567. The fraction of sp³-hybridized carbons (Fsp3) is 0.579. The Morgan fingerprint density at radius 3 is 2.30 bits per heavy atom. The number of sulfone groups is 1. The van der Waals surface area contributed by atoms with Crippen LogP contribution in [0.3, 0.4) is 0 Å². The van der Waals surface area contributed by atoms with Crippen LogP contribution in [0.15, 0.2) is 24.3 Å². The lowest BCUT2D eigenvalue weighted by Gasteiger charge is -2.28. The Labute approximate surface area is 171 Å². The lowest BCUT2D eigenvalue weighted by molar-refractivity contribution is -0.160. The van der Waals surface area contributed by atoms with Gasteiger partial charge in [-0.3, -0.25) is 10.1 Å². The second-order valence-electron chi connectivity index (χ2n) is 7.95. The van der Waals surface area contributed by atoms with Crippen molar-refractivity contribution in [3.8, 4) is 6.07 Å². The molecule has 1 aromatic rings. The highest BCUT2D eigenvalue weighted by Gasteiger charge is 2.48.